The molecule has 7 heteroatoms. The van der Waals surface area contributed by atoms with Crippen molar-refractivity contribution in [1.82, 2.24) is 0 Å². The van der Waals surface area contributed by atoms with Crippen molar-refractivity contribution >= 4 is 38.1 Å². The van der Waals surface area contributed by atoms with Crippen LogP contribution in [0.15, 0.2) is 18.2 Å². The summed E-state index contributed by atoms with van der Waals surface area (Å²) in [7, 11) is -2.98. The number of fused-ring (bicyclic) bond motifs is 1. The second kappa shape index (κ2) is 6.02. The average Bonchev–Trinajstić information content (AvgIpc) is 2.91. The molecule has 0 spiro atoms. The van der Waals surface area contributed by atoms with Crippen molar-refractivity contribution in [2.75, 3.05) is 34.4 Å². The maximum Gasteiger partial charge on any atom is 0.161 e. The summed E-state index contributed by atoms with van der Waals surface area (Å²) in [4.78, 5) is 4.20. The van der Waals surface area contributed by atoms with Gasteiger partial charge in [-0.2, -0.15) is 0 Å². The highest BCUT2D eigenvalue weighted by Crippen LogP contribution is 2.41. The van der Waals surface area contributed by atoms with Gasteiger partial charge < -0.3 is 9.80 Å². The van der Waals surface area contributed by atoms with E-state index in [1.807, 2.05) is 17.9 Å². The van der Waals surface area contributed by atoms with Gasteiger partial charge in [-0.25, -0.2) is 8.42 Å². The first-order chi connectivity index (χ1) is 10.9. The third kappa shape index (κ3) is 2.96. The summed E-state index contributed by atoms with van der Waals surface area (Å²) < 4.78 is 23.8. The Balaban J connectivity index is 1.94. The van der Waals surface area contributed by atoms with Crippen molar-refractivity contribution < 1.29 is 8.42 Å². The summed E-state index contributed by atoms with van der Waals surface area (Å²) in [6, 6.07) is 6.14. The van der Waals surface area contributed by atoms with Crippen LogP contribution in [0.1, 0.15) is 19.4 Å². The van der Waals surface area contributed by atoms with E-state index < -0.39 is 9.84 Å². The monoisotopic (exact) mass is 353 g/mol. The third-order valence-corrected chi connectivity index (χ3v) is 7.78. The Hall–Kier alpha value is -1.21. The van der Waals surface area contributed by atoms with E-state index in [9.17, 15) is 8.42 Å². The largest absolute Gasteiger partial charge is 0.372 e. The number of anilines is 2. The van der Waals surface area contributed by atoms with E-state index in [1.54, 1.807) is 0 Å². The van der Waals surface area contributed by atoms with Crippen molar-refractivity contribution in [1.29, 1.82) is 5.41 Å². The standard InChI is InChI=1S/C16H23N3O2S2/c1-4-18(5-2)12-6-7-13(11(3)8-12)19-14-9-23(20,21)10-15(14)22-16(19)17/h6-8,14-15,17H,4-5,9-10H2,1-3H3/t14-,15-/m1/s1. The van der Waals surface area contributed by atoms with Gasteiger partial charge in [-0.15, -0.1) is 0 Å². The van der Waals surface area contributed by atoms with Crippen molar-refractivity contribution in [3.8, 4) is 0 Å². The van der Waals surface area contributed by atoms with Gasteiger partial charge in [0.15, 0.2) is 15.0 Å². The van der Waals surface area contributed by atoms with Crippen LogP contribution >= 0.6 is 11.8 Å². The van der Waals surface area contributed by atoms with Crippen LogP contribution in [-0.2, 0) is 9.84 Å². The molecule has 0 aliphatic carbocycles. The molecule has 126 valence electrons. The SMILES string of the molecule is CCN(CC)c1ccc(N2C(=N)S[C@@H]3CS(=O)(=O)C[C@H]32)c(C)c1. The van der Waals surface area contributed by atoms with E-state index in [-0.39, 0.29) is 22.8 Å². The fraction of sp³-hybridized carbons (Fsp3) is 0.562. The third-order valence-electron chi connectivity index (χ3n) is 4.65. The van der Waals surface area contributed by atoms with E-state index in [0.29, 0.717) is 5.17 Å². The first-order valence-electron chi connectivity index (χ1n) is 7.96. The molecular weight excluding hydrogens is 330 g/mol. The highest BCUT2D eigenvalue weighted by atomic mass is 32.2. The van der Waals surface area contributed by atoms with Crippen molar-refractivity contribution in [2.45, 2.75) is 32.1 Å². The van der Waals surface area contributed by atoms with Crippen LogP contribution in [0.25, 0.3) is 0 Å². The Labute approximate surface area is 142 Å². The van der Waals surface area contributed by atoms with Gasteiger partial charge in [0, 0.05) is 29.7 Å². The quantitative estimate of drug-likeness (QED) is 0.901. The molecule has 0 bridgehead atoms. The van der Waals surface area contributed by atoms with E-state index >= 15 is 0 Å². The number of thioether (sulfide) groups is 1. The fourth-order valence-corrected chi connectivity index (χ4v) is 7.27. The minimum atomic E-state index is -2.98. The van der Waals surface area contributed by atoms with E-state index in [1.165, 1.54) is 17.4 Å². The summed E-state index contributed by atoms with van der Waals surface area (Å²) >= 11 is 1.39. The second-order valence-corrected chi connectivity index (χ2v) is 9.50. The molecule has 2 aliphatic heterocycles. The van der Waals surface area contributed by atoms with Crippen LogP contribution in [0.4, 0.5) is 11.4 Å². The Morgan fingerprint density at radius 3 is 2.61 bits per heavy atom. The highest BCUT2D eigenvalue weighted by molar-refractivity contribution is 8.15. The number of aryl methyl sites for hydroxylation is 1. The van der Waals surface area contributed by atoms with Gasteiger partial charge in [0.2, 0.25) is 0 Å². The molecule has 0 unspecified atom stereocenters. The Morgan fingerprint density at radius 1 is 1.30 bits per heavy atom. The molecule has 5 nitrogen and oxygen atoms in total. The minimum Gasteiger partial charge on any atom is -0.372 e. The van der Waals surface area contributed by atoms with E-state index in [4.69, 9.17) is 5.41 Å². The average molecular weight is 354 g/mol. The zero-order valence-electron chi connectivity index (χ0n) is 13.7. The zero-order valence-corrected chi connectivity index (χ0v) is 15.4. The highest BCUT2D eigenvalue weighted by Gasteiger charge is 2.48. The molecule has 1 aromatic rings. The molecule has 1 N–H and O–H groups in total. The lowest BCUT2D eigenvalue weighted by molar-refractivity contribution is 0.601. The van der Waals surface area contributed by atoms with Gasteiger partial charge in [-0.3, -0.25) is 5.41 Å². The molecule has 2 fully saturated rings. The van der Waals surface area contributed by atoms with Crippen molar-refractivity contribution in [2.24, 2.45) is 0 Å². The molecule has 3 rings (SSSR count). The van der Waals surface area contributed by atoms with Crippen molar-refractivity contribution in [3.05, 3.63) is 23.8 Å². The lowest BCUT2D eigenvalue weighted by Gasteiger charge is -2.28. The van der Waals surface area contributed by atoms with Crippen LogP contribution < -0.4 is 9.80 Å². The zero-order chi connectivity index (χ0) is 16.8. The Kier molecular flexibility index (Phi) is 4.35. The molecule has 0 radical (unpaired) electrons. The second-order valence-electron chi connectivity index (χ2n) is 6.12. The number of amidine groups is 1. The van der Waals surface area contributed by atoms with Crippen LogP contribution in [0.3, 0.4) is 0 Å². The molecule has 0 amide bonds. The normalized spacial score (nSPS) is 25.7. The van der Waals surface area contributed by atoms with E-state index in [0.717, 1.165) is 24.3 Å². The smallest absolute Gasteiger partial charge is 0.161 e. The number of sulfone groups is 1. The predicted molar refractivity (Wildman–Crippen MR) is 98.8 cm³/mol. The molecule has 0 saturated carbocycles. The molecular formula is C16H23N3O2S2. The molecule has 2 heterocycles. The fourth-order valence-electron chi connectivity index (χ4n) is 3.48. The number of rotatable bonds is 4. The summed E-state index contributed by atoms with van der Waals surface area (Å²) in [5.41, 5.74) is 3.22. The number of nitrogens with one attached hydrogen (secondary N) is 1. The maximum atomic E-state index is 11.9. The summed E-state index contributed by atoms with van der Waals surface area (Å²) in [6.07, 6.45) is 0. The van der Waals surface area contributed by atoms with Gasteiger partial charge in [0.1, 0.15) is 0 Å². The summed E-state index contributed by atoms with van der Waals surface area (Å²) in [5, 5.41) is 8.72. The molecule has 2 atom stereocenters. The lowest BCUT2D eigenvalue weighted by Crippen LogP contribution is -2.37. The van der Waals surface area contributed by atoms with Crippen molar-refractivity contribution in [3.63, 3.8) is 0 Å². The number of hydrogen-bond acceptors (Lipinski definition) is 5. The van der Waals surface area contributed by atoms with E-state index in [2.05, 4.69) is 30.9 Å². The summed E-state index contributed by atoms with van der Waals surface area (Å²) in [5.74, 6) is 0.349. The number of benzene rings is 1. The predicted octanol–water partition coefficient (Wildman–Crippen LogP) is 2.49. The van der Waals surface area contributed by atoms with Gasteiger partial charge >= 0.3 is 0 Å². The Bertz CT molecular complexity index is 729. The maximum absolute atomic E-state index is 11.9. The van der Waals surface area contributed by atoms with Crippen LogP contribution in [0.5, 0.6) is 0 Å². The number of hydrogen-bond donors (Lipinski definition) is 1. The van der Waals surface area contributed by atoms with Gasteiger partial charge in [0.05, 0.1) is 17.5 Å². The minimum absolute atomic E-state index is 0.00522. The molecule has 2 aliphatic rings. The molecule has 23 heavy (non-hydrogen) atoms. The summed E-state index contributed by atoms with van der Waals surface area (Å²) in [6.45, 7) is 8.21. The molecule has 2 saturated heterocycles. The first kappa shape index (κ1) is 16.6. The van der Waals surface area contributed by atoms with Gasteiger partial charge in [-0.05, 0) is 44.5 Å². The van der Waals surface area contributed by atoms with Gasteiger partial charge in [0.25, 0.3) is 0 Å². The molecule has 1 aromatic carbocycles. The lowest BCUT2D eigenvalue weighted by atomic mass is 10.1. The topological polar surface area (TPSA) is 64.5 Å². The van der Waals surface area contributed by atoms with Gasteiger partial charge in [-0.1, -0.05) is 11.8 Å². The van der Waals surface area contributed by atoms with Crippen LogP contribution in [-0.4, -0.2) is 49.5 Å². The first-order valence-corrected chi connectivity index (χ1v) is 10.7. The Morgan fingerprint density at radius 2 is 2.00 bits per heavy atom. The van der Waals surface area contributed by atoms with Crippen LogP contribution in [0, 0.1) is 12.3 Å². The van der Waals surface area contributed by atoms with Crippen LogP contribution in [0.2, 0.25) is 0 Å². The number of nitrogens with zero attached hydrogens (tertiary/aromatic N) is 2. The molecule has 0 aromatic heterocycles.